The van der Waals surface area contributed by atoms with E-state index in [9.17, 15) is 4.79 Å². The number of nitrogens with one attached hydrogen (secondary N) is 1. The highest BCUT2D eigenvalue weighted by atomic mass is 32.1. The molecule has 2 nitrogen and oxygen atoms in total. The summed E-state index contributed by atoms with van der Waals surface area (Å²) in [6.45, 7) is 4.54. The van der Waals surface area contributed by atoms with Crippen molar-refractivity contribution in [1.29, 1.82) is 0 Å². The van der Waals surface area contributed by atoms with Gasteiger partial charge in [-0.05, 0) is 29.7 Å². The molecular weight excluding hydrogens is 218 g/mol. The minimum atomic E-state index is 0.0981. The Balaban J connectivity index is 1.96. The Morgan fingerprint density at radius 3 is 2.94 bits per heavy atom. The maximum Gasteiger partial charge on any atom is 0.261 e. The summed E-state index contributed by atoms with van der Waals surface area (Å²) in [6.07, 6.45) is 3.66. The highest BCUT2D eigenvalue weighted by Crippen LogP contribution is 2.29. The van der Waals surface area contributed by atoms with Gasteiger partial charge < -0.3 is 5.32 Å². The summed E-state index contributed by atoms with van der Waals surface area (Å²) >= 11 is 1.51. The maximum absolute atomic E-state index is 11.9. The molecular formula is C13H19NOS. The van der Waals surface area contributed by atoms with E-state index in [4.69, 9.17) is 0 Å². The molecule has 0 bridgehead atoms. The molecule has 0 aliphatic heterocycles. The number of carbonyl (C=O) groups is 1. The summed E-state index contributed by atoms with van der Waals surface area (Å²) in [5.41, 5.74) is 0. The molecule has 0 unspecified atom stereocenters. The van der Waals surface area contributed by atoms with Crippen molar-refractivity contribution >= 4 is 17.2 Å². The van der Waals surface area contributed by atoms with Crippen LogP contribution in [0, 0.1) is 11.8 Å². The quantitative estimate of drug-likeness (QED) is 0.840. The summed E-state index contributed by atoms with van der Waals surface area (Å²) in [5, 5.41) is 5.12. The largest absolute Gasteiger partial charge is 0.348 e. The van der Waals surface area contributed by atoms with Crippen LogP contribution < -0.4 is 5.32 Å². The molecule has 1 aromatic heterocycles. The Hall–Kier alpha value is -0.830. The van der Waals surface area contributed by atoms with Gasteiger partial charge in [0, 0.05) is 6.04 Å². The number of carbonyl (C=O) groups excluding carboxylic acids is 1. The van der Waals surface area contributed by atoms with Crippen LogP contribution in [0.2, 0.25) is 0 Å². The van der Waals surface area contributed by atoms with Crippen molar-refractivity contribution in [2.75, 3.05) is 0 Å². The minimum absolute atomic E-state index is 0.0981. The second kappa shape index (κ2) is 5.00. The van der Waals surface area contributed by atoms with Crippen LogP contribution in [-0.4, -0.2) is 11.9 Å². The van der Waals surface area contributed by atoms with Crippen LogP contribution >= 0.6 is 11.3 Å². The molecule has 0 spiro atoms. The Morgan fingerprint density at radius 1 is 1.44 bits per heavy atom. The van der Waals surface area contributed by atoms with Crippen molar-refractivity contribution < 1.29 is 4.79 Å². The topological polar surface area (TPSA) is 29.1 Å². The molecule has 1 heterocycles. The van der Waals surface area contributed by atoms with Crippen LogP contribution in [0.3, 0.4) is 0 Å². The number of thiophene rings is 1. The fourth-order valence-corrected chi connectivity index (χ4v) is 3.06. The molecule has 3 heteroatoms. The van der Waals surface area contributed by atoms with E-state index in [0.29, 0.717) is 12.0 Å². The van der Waals surface area contributed by atoms with E-state index in [-0.39, 0.29) is 5.91 Å². The van der Waals surface area contributed by atoms with Gasteiger partial charge in [-0.2, -0.15) is 0 Å². The number of hydrogen-bond donors (Lipinski definition) is 1. The fourth-order valence-electron chi connectivity index (χ4n) is 2.43. The zero-order valence-corrected chi connectivity index (χ0v) is 10.7. The van der Waals surface area contributed by atoms with Gasteiger partial charge in [-0.15, -0.1) is 11.3 Å². The number of hydrogen-bond acceptors (Lipinski definition) is 2. The van der Waals surface area contributed by atoms with E-state index < -0.39 is 0 Å². The summed E-state index contributed by atoms with van der Waals surface area (Å²) in [6, 6.07) is 4.17. The molecule has 1 aliphatic rings. The van der Waals surface area contributed by atoms with Crippen LogP contribution in [0.25, 0.3) is 0 Å². The van der Waals surface area contributed by atoms with Gasteiger partial charge in [-0.3, -0.25) is 4.79 Å². The van der Waals surface area contributed by atoms with Crippen molar-refractivity contribution in [3.8, 4) is 0 Å². The summed E-state index contributed by atoms with van der Waals surface area (Å²) in [5.74, 6) is 1.42. The van der Waals surface area contributed by atoms with Gasteiger partial charge >= 0.3 is 0 Å². The first-order valence-corrected chi connectivity index (χ1v) is 6.91. The molecule has 1 N–H and O–H groups in total. The highest BCUT2D eigenvalue weighted by Gasteiger charge is 2.28. The molecule has 1 aliphatic carbocycles. The molecule has 3 atom stereocenters. The van der Waals surface area contributed by atoms with Gasteiger partial charge in [0.2, 0.25) is 0 Å². The lowest BCUT2D eigenvalue weighted by Crippen LogP contribution is -2.43. The van der Waals surface area contributed by atoms with E-state index in [1.165, 1.54) is 24.2 Å². The molecule has 1 saturated carbocycles. The summed E-state index contributed by atoms with van der Waals surface area (Å²) in [4.78, 5) is 12.8. The first-order chi connectivity index (χ1) is 7.68. The highest BCUT2D eigenvalue weighted by molar-refractivity contribution is 7.12. The first kappa shape index (κ1) is 11.6. The average Bonchev–Trinajstić information content (AvgIpc) is 2.78. The number of rotatable bonds is 2. The summed E-state index contributed by atoms with van der Waals surface area (Å²) < 4.78 is 0. The zero-order chi connectivity index (χ0) is 11.5. The van der Waals surface area contributed by atoms with E-state index in [2.05, 4.69) is 19.2 Å². The van der Waals surface area contributed by atoms with Crippen LogP contribution in [0.15, 0.2) is 17.5 Å². The lowest BCUT2D eigenvalue weighted by Gasteiger charge is -2.34. The molecule has 1 aromatic rings. The molecule has 1 fully saturated rings. The van der Waals surface area contributed by atoms with Gasteiger partial charge in [0.05, 0.1) is 4.88 Å². The lowest BCUT2D eigenvalue weighted by molar-refractivity contribution is 0.0895. The van der Waals surface area contributed by atoms with Gasteiger partial charge in [0.25, 0.3) is 5.91 Å². The van der Waals surface area contributed by atoms with Crippen LogP contribution in [-0.2, 0) is 0 Å². The third kappa shape index (κ3) is 2.46. The Morgan fingerprint density at radius 2 is 2.25 bits per heavy atom. The Labute approximate surface area is 101 Å². The molecule has 0 radical (unpaired) electrons. The second-order valence-electron chi connectivity index (χ2n) is 4.82. The van der Waals surface area contributed by atoms with Crippen molar-refractivity contribution in [3.05, 3.63) is 22.4 Å². The normalized spacial score (nSPS) is 30.0. The van der Waals surface area contributed by atoms with Crippen LogP contribution in [0.5, 0.6) is 0 Å². The van der Waals surface area contributed by atoms with Gasteiger partial charge in [-0.25, -0.2) is 0 Å². The SMILES string of the molecule is C[C@@H]1[C@H](C)CCC[C@H]1NC(=O)c1cccs1. The molecule has 16 heavy (non-hydrogen) atoms. The third-order valence-corrected chi connectivity index (χ3v) is 4.64. The molecule has 88 valence electrons. The first-order valence-electron chi connectivity index (χ1n) is 6.03. The maximum atomic E-state index is 11.9. The van der Waals surface area contributed by atoms with Gasteiger partial charge in [0.15, 0.2) is 0 Å². The van der Waals surface area contributed by atoms with Crippen LogP contribution in [0.1, 0.15) is 42.8 Å². The minimum Gasteiger partial charge on any atom is -0.348 e. The molecule has 0 aromatic carbocycles. The average molecular weight is 237 g/mol. The van der Waals surface area contributed by atoms with Crippen molar-refractivity contribution in [2.24, 2.45) is 11.8 Å². The Bertz CT molecular complexity index is 347. The standard InChI is InChI=1S/C13H19NOS/c1-9-5-3-6-11(10(9)2)14-13(15)12-7-4-8-16-12/h4,7-11H,3,5-6H2,1-2H3,(H,14,15)/t9-,10-,11-/m1/s1. The zero-order valence-electron chi connectivity index (χ0n) is 9.90. The predicted molar refractivity (Wildman–Crippen MR) is 67.8 cm³/mol. The van der Waals surface area contributed by atoms with Crippen molar-refractivity contribution in [1.82, 2.24) is 5.32 Å². The molecule has 1 amide bonds. The monoisotopic (exact) mass is 237 g/mol. The van der Waals surface area contributed by atoms with E-state index in [1.807, 2.05) is 17.5 Å². The predicted octanol–water partition coefficient (Wildman–Crippen LogP) is 3.30. The second-order valence-corrected chi connectivity index (χ2v) is 5.77. The van der Waals surface area contributed by atoms with Crippen molar-refractivity contribution in [2.45, 2.75) is 39.2 Å². The van der Waals surface area contributed by atoms with E-state index in [1.54, 1.807) is 0 Å². The van der Waals surface area contributed by atoms with Gasteiger partial charge in [0.1, 0.15) is 0 Å². The van der Waals surface area contributed by atoms with Gasteiger partial charge in [-0.1, -0.05) is 32.8 Å². The summed E-state index contributed by atoms with van der Waals surface area (Å²) in [7, 11) is 0. The fraction of sp³-hybridized carbons (Fsp3) is 0.615. The molecule has 2 rings (SSSR count). The lowest BCUT2D eigenvalue weighted by atomic mass is 9.78. The van der Waals surface area contributed by atoms with Crippen molar-refractivity contribution in [3.63, 3.8) is 0 Å². The Kier molecular flexibility index (Phi) is 3.64. The van der Waals surface area contributed by atoms with E-state index in [0.717, 1.165) is 17.2 Å². The van der Waals surface area contributed by atoms with E-state index >= 15 is 0 Å². The number of amides is 1. The smallest absolute Gasteiger partial charge is 0.261 e. The third-order valence-electron chi connectivity index (χ3n) is 3.77. The van der Waals surface area contributed by atoms with Crippen LogP contribution in [0.4, 0.5) is 0 Å². The molecule has 0 saturated heterocycles.